The second-order valence-corrected chi connectivity index (χ2v) is 5.59. The van der Waals surface area contributed by atoms with Gasteiger partial charge in [0, 0.05) is 18.0 Å². The fourth-order valence-electron chi connectivity index (χ4n) is 2.54. The van der Waals surface area contributed by atoms with E-state index in [4.69, 9.17) is 4.74 Å². The summed E-state index contributed by atoms with van der Waals surface area (Å²) >= 11 is 0. The molecule has 0 spiro atoms. The predicted octanol–water partition coefficient (Wildman–Crippen LogP) is 2.43. The molecule has 3 amide bonds. The molecule has 2 rings (SSSR count). The van der Waals surface area contributed by atoms with E-state index in [1.54, 1.807) is 31.2 Å². The summed E-state index contributed by atoms with van der Waals surface area (Å²) in [5.74, 6) is 0.0242. The Kier molecular flexibility index (Phi) is 6.14. The normalized spacial score (nSPS) is 14.3. The van der Waals surface area contributed by atoms with E-state index in [1.165, 1.54) is 0 Å². The number of imide groups is 1. The average Bonchev–Trinajstić information content (AvgIpc) is 3.05. The number of amides is 3. The molecule has 0 saturated heterocycles. The minimum atomic E-state index is -0.505. The van der Waals surface area contributed by atoms with E-state index >= 15 is 0 Å². The van der Waals surface area contributed by atoms with Crippen LogP contribution in [0.15, 0.2) is 24.3 Å². The predicted molar refractivity (Wildman–Crippen MR) is 85.5 cm³/mol. The van der Waals surface area contributed by atoms with Crippen molar-refractivity contribution < 1.29 is 19.1 Å². The minimum absolute atomic E-state index is 0.0536. The summed E-state index contributed by atoms with van der Waals surface area (Å²) in [7, 11) is 0. The quantitative estimate of drug-likeness (QED) is 0.789. The van der Waals surface area contributed by atoms with Crippen LogP contribution in [0.4, 0.5) is 4.79 Å². The van der Waals surface area contributed by atoms with Crippen molar-refractivity contribution in [3.8, 4) is 5.75 Å². The summed E-state index contributed by atoms with van der Waals surface area (Å²) in [4.78, 5) is 34.8. The van der Waals surface area contributed by atoms with Gasteiger partial charge in [-0.1, -0.05) is 19.8 Å². The second kappa shape index (κ2) is 8.31. The number of Topliss-reactive ketones (excluding diaryl/α,β-unsaturated/α-hetero) is 1. The number of hydrogen-bond acceptors (Lipinski definition) is 4. The molecular formula is C17H22N2O4. The number of ketones is 1. The molecule has 1 aliphatic rings. The first-order chi connectivity index (χ1) is 11.1. The highest BCUT2D eigenvalue weighted by Gasteiger charge is 2.18. The van der Waals surface area contributed by atoms with E-state index in [2.05, 4.69) is 10.6 Å². The van der Waals surface area contributed by atoms with Gasteiger partial charge in [0.1, 0.15) is 5.75 Å². The highest BCUT2D eigenvalue weighted by Crippen LogP contribution is 2.17. The van der Waals surface area contributed by atoms with Crippen LogP contribution in [0.3, 0.4) is 0 Å². The van der Waals surface area contributed by atoms with Crippen LogP contribution in [0.25, 0.3) is 0 Å². The van der Waals surface area contributed by atoms with Gasteiger partial charge in [0.05, 0.1) is 0 Å². The van der Waals surface area contributed by atoms with Crippen LogP contribution in [0.1, 0.15) is 49.4 Å². The van der Waals surface area contributed by atoms with Crippen LogP contribution in [0, 0.1) is 0 Å². The average molecular weight is 318 g/mol. The lowest BCUT2D eigenvalue weighted by Crippen LogP contribution is -2.45. The van der Waals surface area contributed by atoms with E-state index in [1.807, 2.05) is 0 Å². The molecule has 0 atom stereocenters. The third kappa shape index (κ3) is 5.39. The van der Waals surface area contributed by atoms with Crippen molar-refractivity contribution >= 4 is 17.7 Å². The Balaban J connectivity index is 1.73. The van der Waals surface area contributed by atoms with E-state index < -0.39 is 11.9 Å². The van der Waals surface area contributed by atoms with Crippen LogP contribution in [0.2, 0.25) is 0 Å². The number of rotatable bonds is 6. The summed E-state index contributed by atoms with van der Waals surface area (Å²) < 4.78 is 5.30. The smallest absolute Gasteiger partial charge is 0.321 e. The zero-order valence-electron chi connectivity index (χ0n) is 13.3. The molecule has 1 aromatic rings. The van der Waals surface area contributed by atoms with Crippen molar-refractivity contribution in [2.45, 2.75) is 45.1 Å². The van der Waals surface area contributed by atoms with Gasteiger partial charge in [-0.2, -0.15) is 0 Å². The number of nitrogens with one attached hydrogen (secondary N) is 2. The molecule has 0 aromatic heterocycles. The fourth-order valence-corrected chi connectivity index (χ4v) is 2.54. The van der Waals surface area contributed by atoms with Gasteiger partial charge in [-0.25, -0.2) is 4.79 Å². The van der Waals surface area contributed by atoms with Crippen LogP contribution in [-0.4, -0.2) is 30.4 Å². The number of benzene rings is 1. The van der Waals surface area contributed by atoms with Gasteiger partial charge in [-0.15, -0.1) is 0 Å². The van der Waals surface area contributed by atoms with Crippen molar-refractivity contribution in [2.24, 2.45) is 0 Å². The summed E-state index contributed by atoms with van der Waals surface area (Å²) in [5.41, 5.74) is 0.611. The first kappa shape index (κ1) is 17.0. The standard InChI is InChI=1S/C17H22N2O4/c1-2-15(20)12-7-9-14(10-8-12)23-11-16(21)19-17(22)18-13-5-3-4-6-13/h7-10,13H,2-6,11H2,1H3,(H2,18,19,21,22). The van der Waals surface area contributed by atoms with E-state index in [0.717, 1.165) is 25.7 Å². The Morgan fingerprint density at radius 2 is 1.78 bits per heavy atom. The Hall–Kier alpha value is -2.37. The maximum atomic E-state index is 11.7. The molecule has 6 nitrogen and oxygen atoms in total. The number of carbonyl (C=O) groups excluding carboxylic acids is 3. The van der Waals surface area contributed by atoms with Crippen LogP contribution < -0.4 is 15.4 Å². The number of urea groups is 1. The van der Waals surface area contributed by atoms with Gasteiger partial charge in [0.15, 0.2) is 12.4 Å². The third-order valence-electron chi connectivity index (χ3n) is 3.81. The largest absolute Gasteiger partial charge is 0.484 e. The summed E-state index contributed by atoms with van der Waals surface area (Å²) in [6, 6.07) is 6.27. The molecule has 0 radical (unpaired) electrons. The topological polar surface area (TPSA) is 84.5 Å². The van der Waals surface area contributed by atoms with Crippen LogP contribution in [0.5, 0.6) is 5.75 Å². The Morgan fingerprint density at radius 1 is 1.13 bits per heavy atom. The summed E-state index contributed by atoms with van der Waals surface area (Å²) in [6.07, 6.45) is 4.58. The molecule has 1 aromatic carbocycles. The maximum Gasteiger partial charge on any atom is 0.321 e. The third-order valence-corrected chi connectivity index (χ3v) is 3.81. The lowest BCUT2D eigenvalue weighted by molar-refractivity contribution is -0.122. The van der Waals surface area contributed by atoms with Gasteiger partial charge in [-0.3, -0.25) is 14.9 Å². The summed E-state index contributed by atoms with van der Waals surface area (Å²) in [5, 5.41) is 5.02. The van der Waals surface area contributed by atoms with Crippen molar-refractivity contribution in [1.29, 1.82) is 0 Å². The highest BCUT2D eigenvalue weighted by molar-refractivity contribution is 5.96. The molecule has 1 saturated carbocycles. The molecule has 0 bridgehead atoms. The SMILES string of the molecule is CCC(=O)c1ccc(OCC(=O)NC(=O)NC2CCCC2)cc1. The van der Waals surface area contributed by atoms with Crippen molar-refractivity contribution in [3.05, 3.63) is 29.8 Å². The van der Waals surface area contributed by atoms with Gasteiger partial charge >= 0.3 is 6.03 Å². The minimum Gasteiger partial charge on any atom is -0.484 e. The fraction of sp³-hybridized carbons (Fsp3) is 0.471. The monoisotopic (exact) mass is 318 g/mol. The molecule has 23 heavy (non-hydrogen) atoms. The molecule has 0 unspecified atom stereocenters. The molecule has 1 fully saturated rings. The molecule has 1 aliphatic carbocycles. The Labute approximate surface area is 135 Å². The zero-order valence-corrected chi connectivity index (χ0v) is 13.3. The molecule has 0 aliphatic heterocycles. The molecule has 2 N–H and O–H groups in total. The van der Waals surface area contributed by atoms with Crippen LogP contribution in [-0.2, 0) is 4.79 Å². The van der Waals surface area contributed by atoms with Crippen molar-refractivity contribution in [2.75, 3.05) is 6.61 Å². The van der Waals surface area contributed by atoms with Crippen LogP contribution >= 0.6 is 0 Å². The van der Waals surface area contributed by atoms with E-state index in [9.17, 15) is 14.4 Å². The first-order valence-corrected chi connectivity index (χ1v) is 7.95. The number of hydrogen-bond donors (Lipinski definition) is 2. The second-order valence-electron chi connectivity index (χ2n) is 5.59. The lowest BCUT2D eigenvalue weighted by atomic mass is 10.1. The van der Waals surface area contributed by atoms with Crippen molar-refractivity contribution in [1.82, 2.24) is 10.6 Å². The Morgan fingerprint density at radius 3 is 2.39 bits per heavy atom. The van der Waals surface area contributed by atoms with Gasteiger partial charge < -0.3 is 10.1 Å². The van der Waals surface area contributed by atoms with E-state index in [-0.39, 0.29) is 18.4 Å². The molecule has 6 heteroatoms. The maximum absolute atomic E-state index is 11.7. The number of carbonyl (C=O) groups is 3. The highest BCUT2D eigenvalue weighted by atomic mass is 16.5. The number of ether oxygens (including phenoxy) is 1. The van der Waals surface area contributed by atoms with E-state index in [0.29, 0.717) is 17.7 Å². The van der Waals surface area contributed by atoms with Crippen molar-refractivity contribution in [3.63, 3.8) is 0 Å². The lowest BCUT2D eigenvalue weighted by Gasteiger charge is -2.12. The molecular weight excluding hydrogens is 296 g/mol. The molecule has 124 valence electrons. The Bertz CT molecular complexity index is 562. The molecule has 0 heterocycles. The zero-order chi connectivity index (χ0) is 16.7. The van der Waals surface area contributed by atoms with Gasteiger partial charge in [0.2, 0.25) is 0 Å². The first-order valence-electron chi connectivity index (χ1n) is 7.95. The van der Waals surface area contributed by atoms with Gasteiger partial charge in [0.25, 0.3) is 5.91 Å². The summed E-state index contributed by atoms with van der Waals surface area (Å²) in [6.45, 7) is 1.55. The van der Waals surface area contributed by atoms with Gasteiger partial charge in [-0.05, 0) is 37.1 Å².